The van der Waals surface area contributed by atoms with Gasteiger partial charge in [0.2, 0.25) is 15.9 Å². The number of benzene rings is 1. The number of amides is 1. The van der Waals surface area contributed by atoms with E-state index in [4.69, 9.17) is 0 Å². The Labute approximate surface area is 164 Å². The maximum absolute atomic E-state index is 12.8. The van der Waals surface area contributed by atoms with Crippen LogP contribution in [0.2, 0.25) is 0 Å². The van der Waals surface area contributed by atoms with Crippen molar-refractivity contribution in [3.8, 4) is 0 Å². The normalized spacial score (nSPS) is 18.7. The number of rotatable bonds is 5. The highest BCUT2D eigenvalue weighted by molar-refractivity contribution is 7.89. The van der Waals surface area contributed by atoms with Gasteiger partial charge in [0.25, 0.3) is 0 Å². The molecule has 1 N–H and O–H groups in total. The third-order valence-corrected chi connectivity index (χ3v) is 7.50. The molecule has 27 heavy (non-hydrogen) atoms. The molecule has 8 heteroatoms. The van der Waals surface area contributed by atoms with Crippen molar-refractivity contribution in [2.45, 2.75) is 31.6 Å². The van der Waals surface area contributed by atoms with Crippen LogP contribution in [0.3, 0.4) is 0 Å². The van der Waals surface area contributed by atoms with Crippen LogP contribution in [0.5, 0.6) is 0 Å². The Balaban J connectivity index is 1.64. The summed E-state index contributed by atoms with van der Waals surface area (Å²) in [5.74, 6) is -0.648. The standard InChI is InChI=1S/C19H23N3O3S2/c1-14-5-7-17(8-6-14)27(24,25)22-10-3-4-16(13-22)19(23)21-20-12-18-15(2)9-11-26-18/h5-9,11-12,16H,3-4,10,13H2,1-2H3,(H,21,23)/b20-12-/t16-/m1/s1. The van der Waals surface area contributed by atoms with Gasteiger partial charge in [0.15, 0.2) is 0 Å². The lowest BCUT2D eigenvalue weighted by Gasteiger charge is -2.30. The smallest absolute Gasteiger partial charge is 0.244 e. The number of aryl methyl sites for hydroxylation is 2. The van der Waals surface area contributed by atoms with Crippen molar-refractivity contribution in [1.29, 1.82) is 0 Å². The van der Waals surface area contributed by atoms with Crippen molar-refractivity contribution in [3.05, 3.63) is 51.7 Å². The van der Waals surface area contributed by atoms with E-state index in [0.29, 0.717) is 19.4 Å². The summed E-state index contributed by atoms with van der Waals surface area (Å²) in [5.41, 5.74) is 4.66. The predicted molar refractivity (Wildman–Crippen MR) is 107 cm³/mol. The van der Waals surface area contributed by atoms with Crippen LogP contribution in [-0.2, 0) is 14.8 Å². The molecule has 0 bridgehead atoms. The van der Waals surface area contributed by atoms with E-state index in [0.717, 1.165) is 16.0 Å². The Morgan fingerprint density at radius 2 is 2.00 bits per heavy atom. The average Bonchev–Trinajstić information content (AvgIpc) is 3.07. The quantitative estimate of drug-likeness (QED) is 0.614. The summed E-state index contributed by atoms with van der Waals surface area (Å²) >= 11 is 1.55. The van der Waals surface area contributed by atoms with Gasteiger partial charge in [-0.05, 0) is 55.8 Å². The summed E-state index contributed by atoms with van der Waals surface area (Å²) in [6.07, 6.45) is 2.93. The SMILES string of the molecule is Cc1ccc(S(=O)(=O)N2CCC[C@@H](C(=O)N/N=C\c3sccc3C)C2)cc1. The first-order chi connectivity index (χ1) is 12.9. The number of carbonyl (C=O) groups excluding carboxylic acids is 1. The molecule has 3 rings (SSSR count). The van der Waals surface area contributed by atoms with Gasteiger partial charge in [0, 0.05) is 18.0 Å². The van der Waals surface area contributed by atoms with Gasteiger partial charge in [-0.3, -0.25) is 4.79 Å². The Kier molecular flexibility index (Phi) is 6.08. The molecule has 1 aliphatic rings. The van der Waals surface area contributed by atoms with E-state index in [2.05, 4.69) is 10.5 Å². The highest BCUT2D eigenvalue weighted by Crippen LogP contribution is 2.24. The largest absolute Gasteiger partial charge is 0.273 e. The van der Waals surface area contributed by atoms with Crippen LogP contribution in [0.1, 0.15) is 28.8 Å². The van der Waals surface area contributed by atoms with Crippen molar-refractivity contribution >= 4 is 33.5 Å². The molecule has 1 amide bonds. The van der Waals surface area contributed by atoms with E-state index in [1.54, 1.807) is 41.8 Å². The van der Waals surface area contributed by atoms with Gasteiger partial charge < -0.3 is 0 Å². The molecule has 1 aliphatic heterocycles. The van der Waals surface area contributed by atoms with Gasteiger partial charge in [0.1, 0.15) is 0 Å². The molecule has 2 heterocycles. The van der Waals surface area contributed by atoms with Crippen LogP contribution in [-0.4, -0.2) is 37.9 Å². The molecule has 2 aromatic rings. The molecule has 1 aromatic heterocycles. The van der Waals surface area contributed by atoms with Crippen LogP contribution in [0, 0.1) is 19.8 Å². The summed E-state index contributed by atoms with van der Waals surface area (Å²) < 4.78 is 27.1. The summed E-state index contributed by atoms with van der Waals surface area (Å²) in [5, 5.41) is 5.99. The highest BCUT2D eigenvalue weighted by atomic mass is 32.2. The third kappa shape index (κ3) is 4.63. The number of thiophene rings is 1. The summed E-state index contributed by atoms with van der Waals surface area (Å²) in [6.45, 7) is 4.50. The van der Waals surface area contributed by atoms with Gasteiger partial charge in [0.05, 0.1) is 17.0 Å². The van der Waals surface area contributed by atoms with Gasteiger partial charge in [-0.1, -0.05) is 17.7 Å². The zero-order chi connectivity index (χ0) is 19.4. The minimum absolute atomic E-state index is 0.176. The predicted octanol–water partition coefficient (Wildman–Crippen LogP) is 2.92. The summed E-state index contributed by atoms with van der Waals surface area (Å²) in [7, 11) is -3.59. The van der Waals surface area contributed by atoms with Crippen LogP contribution in [0.25, 0.3) is 0 Å². The number of hydrogen-bond donors (Lipinski definition) is 1. The molecule has 0 aliphatic carbocycles. The monoisotopic (exact) mass is 405 g/mol. The van der Waals surface area contributed by atoms with Crippen molar-refractivity contribution in [2.24, 2.45) is 11.0 Å². The fourth-order valence-electron chi connectivity index (χ4n) is 3.00. The lowest BCUT2D eigenvalue weighted by atomic mass is 9.99. The maximum Gasteiger partial charge on any atom is 0.244 e. The van der Waals surface area contributed by atoms with E-state index in [-0.39, 0.29) is 17.3 Å². The molecule has 0 unspecified atom stereocenters. The fourth-order valence-corrected chi connectivity index (χ4v) is 5.31. The summed E-state index contributed by atoms with van der Waals surface area (Å²) in [4.78, 5) is 13.7. The number of carbonyl (C=O) groups is 1. The van der Waals surface area contributed by atoms with Crippen LogP contribution in [0.15, 0.2) is 45.7 Å². The number of sulfonamides is 1. The van der Waals surface area contributed by atoms with E-state index in [9.17, 15) is 13.2 Å². The summed E-state index contributed by atoms with van der Waals surface area (Å²) in [6, 6.07) is 8.78. The van der Waals surface area contributed by atoms with E-state index < -0.39 is 15.9 Å². The van der Waals surface area contributed by atoms with E-state index >= 15 is 0 Å². The second-order valence-electron chi connectivity index (χ2n) is 6.72. The van der Waals surface area contributed by atoms with Crippen LogP contribution < -0.4 is 5.43 Å². The lowest BCUT2D eigenvalue weighted by molar-refractivity contribution is -0.126. The van der Waals surface area contributed by atoms with Crippen molar-refractivity contribution in [3.63, 3.8) is 0 Å². The lowest BCUT2D eigenvalue weighted by Crippen LogP contribution is -2.44. The zero-order valence-corrected chi connectivity index (χ0v) is 17.0. The maximum atomic E-state index is 12.8. The minimum Gasteiger partial charge on any atom is -0.273 e. The van der Waals surface area contributed by atoms with Crippen molar-refractivity contribution < 1.29 is 13.2 Å². The molecule has 1 aromatic carbocycles. The molecule has 1 saturated heterocycles. The van der Waals surface area contributed by atoms with Gasteiger partial charge in [-0.2, -0.15) is 9.41 Å². The average molecular weight is 406 g/mol. The first kappa shape index (κ1) is 19.7. The Bertz CT molecular complexity index is 933. The molecule has 0 spiro atoms. The Morgan fingerprint density at radius 3 is 2.67 bits per heavy atom. The first-order valence-corrected chi connectivity index (χ1v) is 11.1. The molecule has 1 fully saturated rings. The minimum atomic E-state index is -3.59. The van der Waals surface area contributed by atoms with Gasteiger partial charge in [-0.25, -0.2) is 13.8 Å². The third-order valence-electron chi connectivity index (χ3n) is 4.67. The number of nitrogens with zero attached hydrogens (tertiary/aromatic N) is 2. The topological polar surface area (TPSA) is 78.8 Å². The first-order valence-electron chi connectivity index (χ1n) is 8.82. The molecule has 6 nitrogen and oxygen atoms in total. The van der Waals surface area contributed by atoms with Crippen LogP contribution in [0.4, 0.5) is 0 Å². The zero-order valence-electron chi connectivity index (χ0n) is 15.4. The Hall–Kier alpha value is -2.03. The molecular weight excluding hydrogens is 382 g/mol. The Morgan fingerprint density at radius 1 is 1.26 bits per heavy atom. The highest BCUT2D eigenvalue weighted by Gasteiger charge is 2.33. The van der Waals surface area contributed by atoms with Gasteiger partial charge in [-0.15, -0.1) is 11.3 Å². The van der Waals surface area contributed by atoms with E-state index in [1.165, 1.54) is 4.31 Å². The number of nitrogens with one attached hydrogen (secondary N) is 1. The van der Waals surface area contributed by atoms with E-state index in [1.807, 2.05) is 25.3 Å². The molecule has 1 atom stereocenters. The van der Waals surface area contributed by atoms with Crippen LogP contribution >= 0.6 is 11.3 Å². The number of piperidine rings is 1. The van der Waals surface area contributed by atoms with Crippen molar-refractivity contribution in [2.75, 3.05) is 13.1 Å². The second kappa shape index (κ2) is 8.33. The molecule has 0 radical (unpaired) electrons. The molecule has 0 saturated carbocycles. The fraction of sp³-hybridized carbons (Fsp3) is 0.368. The number of hydrogen-bond acceptors (Lipinski definition) is 5. The second-order valence-corrected chi connectivity index (χ2v) is 9.60. The van der Waals surface area contributed by atoms with Gasteiger partial charge >= 0.3 is 0 Å². The molecule has 144 valence electrons. The molecular formula is C19H23N3O3S2. The van der Waals surface area contributed by atoms with Crippen molar-refractivity contribution in [1.82, 2.24) is 9.73 Å². The number of hydrazone groups is 1.